The third-order valence-electron chi connectivity index (χ3n) is 2.34. The summed E-state index contributed by atoms with van der Waals surface area (Å²) in [6.45, 7) is 5.89. The van der Waals surface area contributed by atoms with Gasteiger partial charge in [0.1, 0.15) is 0 Å². The van der Waals surface area contributed by atoms with Crippen LogP contribution in [0.1, 0.15) is 29.1 Å². The van der Waals surface area contributed by atoms with Crippen LogP contribution in [0.3, 0.4) is 0 Å². The fourth-order valence-electron chi connectivity index (χ4n) is 1.35. The lowest BCUT2D eigenvalue weighted by molar-refractivity contribution is 0.0944. The van der Waals surface area contributed by atoms with Gasteiger partial charge in [-0.2, -0.15) is 0 Å². The molecule has 1 aromatic heterocycles. The van der Waals surface area contributed by atoms with E-state index in [-0.39, 0.29) is 17.9 Å². The fourth-order valence-corrected chi connectivity index (χ4v) is 3.12. The molecule has 1 atom stereocenters. The Balaban J connectivity index is 2.81. The SMILES string of the molecule is Cc1cc(C(=O)NC(C(N)=S)C(C)C)sc1Br. The smallest absolute Gasteiger partial charge is 0.261 e. The molecule has 0 aliphatic rings. The number of halogens is 1. The molecular weight excluding hydrogens is 320 g/mol. The summed E-state index contributed by atoms with van der Waals surface area (Å²) in [5, 5.41) is 2.86. The monoisotopic (exact) mass is 334 g/mol. The number of aryl methyl sites for hydroxylation is 1. The highest BCUT2D eigenvalue weighted by molar-refractivity contribution is 9.11. The van der Waals surface area contributed by atoms with Crippen LogP contribution in [0.25, 0.3) is 0 Å². The van der Waals surface area contributed by atoms with E-state index in [1.165, 1.54) is 11.3 Å². The van der Waals surface area contributed by atoms with E-state index in [0.717, 1.165) is 9.35 Å². The molecule has 1 unspecified atom stereocenters. The molecule has 6 heteroatoms. The standard InChI is InChI=1S/C11H15BrN2OS2/c1-5(2)8(10(13)16)14-11(15)7-4-6(3)9(12)17-7/h4-5,8H,1-3H3,(H2,13,16)(H,14,15). The van der Waals surface area contributed by atoms with Crippen molar-refractivity contribution in [1.82, 2.24) is 5.32 Å². The number of rotatable bonds is 4. The topological polar surface area (TPSA) is 55.1 Å². The Morgan fingerprint density at radius 3 is 2.53 bits per heavy atom. The zero-order valence-electron chi connectivity index (χ0n) is 9.91. The molecule has 0 radical (unpaired) electrons. The summed E-state index contributed by atoms with van der Waals surface area (Å²) in [7, 11) is 0. The van der Waals surface area contributed by atoms with E-state index in [2.05, 4.69) is 21.2 Å². The Labute approximate surface area is 119 Å². The van der Waals surface area contributed by atoms with Crippen molar-refractivity contribution < 1.29 is 4.79 Å². The van der Waals surface area contributed by atoms with Gasteiger partial charge in [-0.1, -0.05) is 26.1 Å². The van der Waals surface area contributed by atoms with Gasteiger partial charge in [0.05, 0.1) is 19.7 Å². The van der Waals surface area contributed by atoms with Crippen LogP contribution < -0.4 is 11.1 Å². The van der Waals surface area contributed by atoms with Crippen LogP contribution in [-0.4, -0.2) is 16.9 Å². The van der Waals surface area contributed by atoms with Crippen LogP contribution in [0.2, 0.25) is 0 Å². The number of hydrogen-bond acceptors (Lipinski definition) is 3. The molecular formula is C11H15BrN2OS2. The van der Waals surface area contributed by atoms with Gasteiger partial charge in [-0.15, -0.1) is 11.3 Å². The Hall–Kier alpha value is -0.460. The summed E-state index contributed by atoms with van der Waals surface area (Å²) in [6.07, 6.45) is 0. The van der Waals surface area contributed by atoms with Gasteiger partial charge >= 0.3 is 0 Å². The second kappa shape index (κ2) is 5.93. The first-order valence-corrected chi connectivity index (χ1v) is 7.20. The first-order chi connectivity index (χ1) is 7.82. The Morgan fingerprint density at radius 2 is 2.18 bits per heavy atom. The van der Waals surface area contributed by atoms with Crippen LogP contribution in [0.15, 0.2) is 9.85 Å². The lowest BCUT2D eigenvalue weighted by Crippen LogP contribution is -2.46. The van der Waals surface area contributed by atoms with Crippen molar-refractivity contribution in [2.45, 2.75) is 26.8 Å². The molecule has 0 bridgehead atoms. The number of thiophene rings is 1. The summed E-state index contributed by atoms with van der Waals surface area (Å²) in [6, 6.07) is 1.58. The number of thiocarbonyl (C=S) groups is 1. The van der Waals surface area contributed by atoms with Gasteiger partial charge in [0.25, 0.3) is 5.91 Å². The number of nitrogens with two attached hydrogens (primary N) is 1. The zero-order chi connectivity index (χ0) is 13.2. The highest BCUT2D eigenvalue weighted by Gasteiger charge is 2.20. The van der Waals surface area contributed by atoms with Gasteiger partial charge in [-0.05, 0) is 40.4 Å². The first-order valence-electron chi connectivity index (χ1n) is 5.19. The minimum atomic E-state index is -0.265. The number of hydrogen-bond donors (Lipinski definition) is 2. The molecule has 0 saturated heterocycles. The van der Waals surface area contributed by atoms with Crippen molar-refractivity contribution in [2.75, 3.05) is 0 Å². The quantitative estimate of drug-likeness (QED) is 0.832. The van der Waals surface area contributed by atoms with Crippen molar-refractivity contribution in [1.29, 1.82) is 0 Å². The number of amides is 1. The van der Waals surface area contributed by atoms with Crippen molar-refractivity contribution in [3.8, 4) is 0 Å². The predicted octanol–water partition coefficient (Wildman–Crippen LogP) is 2.86. The van der Waals surface area contributed by atoms with Gasteiger partial charge in [0.2, 0.25) is 0 Å². The molecule has 0 saturated carbocycles. The van der Waals surface area contributed by atoms with E-state index >= 15 is 0 Å². The van der Waals surface area contributed by atoms with E-state index < -0.39 is 0 Å². The van der Waals surface area contributed by atoms with Crippen molar-refractivity contribution in [3.63, 3.8) is 0 Å². The first kappa shape index (κ1) is 14.6. The highest BCUT2D eigenvalue weighted by Crippen LogP contribution is 2.27. The Morgan fingerprint density at radius 1 is 1.59 bits per heavy atom. The van der Waals surface area contributed by atoms with Crippen LogP contribution in [0.4, 0.5) is 0 Å². The highest BCUT2D eigenvalue weighted by atomic mass is 79.9. The van der Waals surface area contributed by atoms with E-state index in [4.69, 9.17) is 18.0 Å². The molecule has 3 N–H and O–H groups in total. The van der Waals surface area contributed by atoms with E-state index in [1.807, 2.05) is 26.8 Å². The summed E-state index contributed by atoms with van der Waals surface area (Å²) in [4.78, 5) is 13.0. The molecule has 1 amide bonds. The van der Waals surface area contributed by atoms with Gasteiger partial charge in [-0.3, -0.25) is 4.79 Å². The molecule has 1 aromatic rings. The molecule has 0 aromatic carbocycles. The molecule has 0 spiro atoms. The third-order valence-corrected chi connectivity index (χ3v) is 4.73. The van der Waals surface area contributed by atoms with Crippen molar-refractivity contribution >= 4 is 50.4 Å². The van der Waals surface area contributed by atoms with Gasteiger partial charge < -0.3 is 11.1 Å². The van der Waals surface area contributed by atoms with Crippen LogP contribution in [0, 0.1) is 12.8 Å². The Bertz CT molecular complexity index is 423. The normalized spacial score (nSPS) is 12.5. The summed E-state index contributed by atoms with van der Waals surface area (Å²) >= 11 is 9.75. The average Bonchev–Trinajstić information content (AvgIpc) is 2.54. The molecule has 94 valence electrons. The number of carbonyl (C=O) groups excluding carboxylic acids is 1. The second-order valence-electron chi connectivity index (χ2n) is 4.16. The molecule has 0 fully saturated rings. The Kier molecular flexibility index (Phi) is 5.09. The molecule has 0 aliphatic heterocycles. The van der Waals surface area contributed by atoms with E-state index in [9.17, 15) is 4.79 Å². The fraction of sp³-hybridized carbons (Fsp3) is 0.455. The minimum absolute atomic E-state index is 0.129. The summed E-state index contributed by atoms with van der Waals surface area (Å²) in [5.74, 6) is 0.0521. The second-order valence-corrected chi connectivity index (χ2v) is 7.01. The lowest BCUT2D eigenvalue weighted by Gasteiger charge is -2.20. The van der Waals surface area contributed by atoms with Crippen LogP contribution in [0.5, 0.6) is 0 Å². The van der Waals surface area contributed by atoms with Gasteiger partial charge in [-0.25, -0.2) is 0 Å². The van der Waals surface area contributed by atoms with Crippen LogP contribution >= 0.6 is 39.5 Å². The van der Waals surface area contributed by atoms with E-state index in [1.54, 1.807) is 0 Å². The van der Waals surface area contributed by atoms with E-state index in [0.29, 0.717) is 9.87 Å². The maximum atomic E-state index is 12.0. The number of carbonyl (C=O) groups is 1. The maximum Gasteiger partial charge on any atom is 0.261 e. The minimum Gasteiger partial charge on any atom is -0.392 e. The molecule has 0 aliphatic carbocycles. The third kappa shape index (κ3) is 3.76. The molecule has 1 rings (SSSR count). The molecule has 17 heavy (non-hydrogen) atoms. The summed E-state index contributed by atoms with van der Waals surface area (Å²) in [5.41, 5.74) is 6.66. The van der Waals surface area contributed by atoms with Gasteiger partial charge in [0, 0.05) is 0 Å². The largest absolute Gasteiger partial charge is 0.392 e. The average molecular weight is 335 g/mol. The lowest BCUT2D eigenvalue weighted by atomic mass is 10.0. The van der Waals surface area contributed by atoms with Crippen LogP contribution in [-0.2, 0) is 0 Å². The number of nitrogens with one attached hydrogen (secondary N) is 1. The molecule has 3 nitrogen and oxygen atoms in total. The summed E-state index contributed by atoms with van der Waals surface area (Å²) < 4.78 is 0.971. The zero-order valence-corrected chi connectivity index (χ0v) is 13.1. The molecule has 1 heterocycles. The van der Waals surface area contributed by atoms with Crippen molar-refractivity contribution in [3.05, 3.63) is 20.3 Å². The maximum absolute atomic E-state index is 12.0. The van der Waals surface area contributed by atoms with Gasteiger partial charge in [0.15, 0.2) is 0 Å². The van der Waals surface area contributed by atoms with Crippen molar-refractivity contribution in [2.24, 2.45) is 11.7 Å². The predicted molar refractivity (Wildman–Crippen MR) is 79.6 cm³/mol.